The topological polar surface area (TPSA) is 9.23 Å². The van der Waals surface area contributed by atoms with E-state index in [1.807, 2.05) is 0 Å². The van der Waals surface area contributed by atoms with Crippen LogP contribution < -0.4 is 4.74 Å². The Morgan fingerprint density at radius 3 is 1.90 bits per heavy atom. The van der Waals surface area contributed by atoms with Gasteiger partial charge in [-0.05, 0) is 29.8 Å². The summed E-state index contributed by atoms with van der Waals surface area (Å²) in [7, 11) is 0. The highest BCUT2D eigenvalue weighted by Crippen LogP contribution is 2.29. The molecule has 0 aromatic heterocycles. The molecule has 0 aliphatic rings. The molecule has 0 saturated carbocycles. The lowest BCUT2D eigenvalue weighted by Crippen LogP contribution is -2.16. The molecule has 0 unspecified atom stereocenters. The summed E-state index contributed by atoms with van der Waals surface area (Å²) in [5, 5.41) is 0. The minimum absolute atomic E-state index is 0.0934. The lowest BCUT2D eigenvalue weighted by Gasteiger charge is -2.10. The summed E-state index contributed by atoms with van der Waals surface area (Å²) in [6.45, 7) is 0. The number of rotatable bonds is 2. The molecule has 0 fully saturated rings. The molecule has 2 aromatic carbocycles. The molecule has 0 heterocycles. The van der Waals surface area contributed by atoms with Gasteiger partial charge in [0.05, 0.1) is 0 Å². The predicted octanol–water partition coefficient (Wildman–Crippen LogP) is 4.67. The molecule has 7 heteroatoms. The van der Waals surface area contributed by atoms with Gasteiger partial charge in [-0.25, -0.2) is 13.2 Å². The first-order chi connectivity index (χ1) is 9.28. The van der Waals surface area contributed by atoms with Gasteiger partial charge in [0.25, 0.3) is 0 Å². The van der Waals surface area contributed by atoms with Crippen molar-refractivity contribution < 1.29 is 31.1 Å². The van der Waals surface area contributed by atoms with E-state index in [1.54, 1.807) is 0 Å². The SMILES string of the molecule is Fc1ccc(-c2ccc(OC(F)(F)F)cc2)c(F)c1F. The van der Waals surface area contributed by atoms with Crippen molar-refractivity contribution in [2.24, 2.45) is 0 Å². The van der Waals surface area contributed by atoms with Gasteiger partial charge < -0.3 is 4.74 Å². The van der Waals surface area contributed by atoms with Crippen molar-refractivity contribution >= 4 is 0 Å². The highest BCUT2D eigenvalue weighted by molar-refractivity contribution is 5.65. The summed E-state index contributed by atoms with van der Waals surface area (Å²) < 4.78 is 78.8. The van der Waals surface area contributed by atoms with Gasteiger partial charge in [0, 0.05) is 5.56 Å². The van der Waals surface area contributed by atoms with Crippen molar-refractivity contribution in [2.75, 3.05) is 0 Å². The van der Waals surface area contributed by atoms with Crippen LogP contribution in [-0.2, 0) is 0 Å². The van der Waals surface area contributed by atoms with Gasteiger partial charge in [-0.3, -0.25) is 0 Å². The van der Waals surface area contributed by atoms with Gasteiger partial charge in [0.1, 0.15) is 5.75 Å². The molecule has 0 saturated heterocycles. The molecule has 0 radical (unpaired) electrons. The van der Waals surface area contributed by atoms with Crippen LogP contribution in [0.3, 0.4) is 0 Å². The Hall–Kier alpha value is -2.18. The molecule has 0 bridgehead atoms. The van der Waals surface area contributed by atoms with Crippen molar-refractivity contribution in [2.45, 2.75) is 6.36 Å². The van der Waals surface area contributed by atoms with E-state index in [0.717, 1.165) is 36.4 Å². The Morgan fingerprint density at radius 1 is 0.750 bits per heavy atom. The monoisotopic (exact) mass is 292 g/mol. The lowest BCUT2D eigenvalue weighted by molar-refractivity contribution is -0.274. The van der Waals surface area contributed by atoms with Gasteiger partial charge in [0.2, 0.25) is 0 Å². The van der Waals surface area contributed by atoms with Gasteiger partial charge in [-0.2, -0.15) is 0 Å². The molecular formula is C13H6F6O. The molecule has 1 nitrogen and oxygen atoms in total. The summed E-state index contributed by atoms with van der Waals surface area (Å²) in [5.74, 6) is -4.89. The van der Waals surface area contributed by atoms with Crippen LogP contribution in [0.5, 0.6) is 5.75 Å². The van der Waals surface area contributed by atoms with E-state index in [-0.39, 0.29) is 11.1 Å². The summed E-state index contributed by atoms with van der Waals surface area (Å²) in [4.78, 5) is 0. The molecule has 2 aromatic rings. The maximum absolute atomic E-state index is 13.5. The normalized spacial score (nSPS) is 11.5. The summed E-state index contributed by atoms with van der Waals surface area (Å²) in [5.41, 5.74) is -0.168. The van der Waals surface area contributed by atoms with E-state index in [9.17, 15) is 26.3 Å². The fraction of sp³-hybridized carbons (Fsp3) is 0.0769. The second-order valence-corrected chi connectivity index (χ2v) is 3.80. The zero-order valence-corrected chi connectivity index (χ0v) is 9.64. The fourth-order valence-electron chi connectivity index (χ4n) is 1.59. The van der Waals surface area contributed by atoms with Gasteiger partial charge in [-0.15, -0.1) is 13.2 Å². The van der Waals surface area contributed by atoms with Crippen LogP contribution in [0.4, 0.5) is 26.3 Å². The molecule has 0 amide bonds. The van der Waals surface area contributed by atoms with Gasteiger partial charge in [-0.1, -0.05) is 12.1 Å². The van der Waals surface area contributed by atoms with E-state index < -0.39 is 29.6 Å². The maximum atomic E-state index is 13.5. The van der Waals surface area contributed by atoms with Crippen LogP contribution >= 0.6 is 0 Å². The predicted molar refractivity (Wildman–Crippen MR) is 58.4 cm³/mol. The third-order valence-corrected chi connectivity index (χ3v) is 2.43. The summed E-state index contributed by atoms with van der Waals surface area (Å²) in [6.07, 6.45) is -4.84. The second kappa shape index (κ2) is 5.07. The van der Waals surface area contributed by atoms with Crippen LogP contribution in [-0.4, -0.2) is 6.36 Å². The largest absolute Gasteiger partial charge is 0.573 e. The molecule has 0 N–H and O–H groups in total. The van der Waals surface area contributed by atoms with E-state index in [4.69, 9.17) is 0 Å². The van der Waals surface area contributed by atoms with Crippen molar-refractivity contribution in [3.8, 4) is 16.9 Å². The van der Waals surface area contributed by atoms with Crippen LogP contribution in [0.2, 0.25) is 0 Å². The first-order valence-electron chi connectivity index (χ1n) is 5.27. The van der Waals surface area contributed by atoms with Crippen LogP contribution in [0.15, 0.2) is 36.4 Å². The van der Waals surface area contributed by atoms with Crippen LogP contribution in [0, 0.1) is 17.5 Å². The van der Waals surface area contributed by atoms with Crippen LogP contribution in [0.25, 0.3) is 11.1 Å². The Morgan fingerprint density at radius 2 is 1.35 bits per heavy atom. The number of alkyl halides is 3. The number of hydrogen-bond donors (Lipinski definition) is 0. The van der Waals surface area contributed by atoms with Crippen molar-refractivity contribution in [1.82, 2.24) is 0 Å². The summed E-state index contributed by atoms with van der Waals surface area (Å²) >= 11 is 0. The standard InChI is InChI=1S/C13H6F6O/c14-10-6-5-9(11(15)12(10)16)7-1-3-8(4-2-7)20-13(17,18)19/h1-6H. The van der Waals surface area contributed by atoms with E-state index in [0.29, 0.717) is 0 Å². The highest BCUT2D eigenvalue weighted by Gasteiger charge is 2.31. The molecule has 2 rings (SSSR count). The Labute approximate surface area is 109 Å². The van der Waals surface area contributed by atoms with Crippen LogP contribution in [0.1, 0.15) is 0 Å². The van der Waals surface area contributed by atoms with E-state index in [1.165, 1.54) is 0 Å². The first kappa shape index (κ1) is 14.2. The molecule has 0 atom stereocenters. The van der Waals surface area contributed by atoms with Crippen molar-refractivity contribution in [1.29, 1.82) is 0 Å². The highest BCUT2D eigenvalue weighted by atomic mass is 19.4. The van der Waals surface area contributed by atoms with Gasteiger partial charge >= 0.3 is 6.36 Å². The van der Waals surface area contributed by atoms with E-state index >= 15 is 0 Å². The lowest BCUT2D eigenvalue weighted by atomic mass is 10.0. The van der Waals surface area contributed by atoms with E-state index in [2.05, 4.69) is 4.74 Å². The van der Waals surface area contributed by atoms with Crippen molar-refractivity contribution in [3.63, 3.8) is 0 Å². The molecular weight excluding hydrogens is 286 g/mol. The fourth-order valence-corrected chi connectivity index (χ4v) is 1.59. The Kier molecular flexibility index (Phi) is 3.61. The Balaban J connectivity index is 2.33. The zero-order chi connectivity index (χ0) is 14.9. The minimum Gasteiger partial charge on any atom is -0.406 e. The summed E-state index contributed by atoms with van der Waals surface area (Å²) in [6, 6.07) is 5.84. The third-order valence-electron chi connectivity index (χ3n) is 2.43. The second-order valence-electron chi connectivity index (χ2n) is 3.80. The number of ether oxygens (including phenoxy) is 1. The smallest absolute Gasteiger partial charge is 0.406 e. The average Bonchev–Trinajstić information content (AvgIpc) is 2.36. The van der Waals surface area contributed by atoms with Crippen molar-refractivity contribution in [3.05, 3.63) is 53.8 Å². The number of halogens is 6. The molecule has 20 heavy (non-hydrogen) atoms. The molecule has 0 spiro atoms. The zero-order valence-electron chi connectivity index (χ0n) is 9.64. The first-order valence-corrected chi connectivity index (χ1v) is 5.27. The molecule has 0 aliphatic carbocycles. The quantitative estimate of drug-likeness (QED) is 0.577. The Bertz CT molecular complexity index is 618. The maximum Gasteiger partial charge on any atom is 0.573 e. The number of hydrogen-bond acceptors (Lipinski definition) is 1. The third kappa shape index (κ3) is 3.04. The average molecular weight is 292 g/mol. The number of benzene rings is 2. The molecule has 106 valence electrons. The minimum atomic E-state index is -4.84. The molecule has 0 aliphatic heterocycles. The van der Waals surface area contributed by atoms with Gasteiger partial charge in [0.15, 0.2) is 17.5 Å².